The molecule has 1 unspecified atom stereocenters. The molecule has 0 heterocycles. The molecular weight excluding hydrogens is 246 g/mol. The van der Waals surface area contributed by atoms with Crippen molar-refractivity contribution in [2.45, 2.75) is 77.8 Å². The van der Waals surface area contributed by atoms with Gasteiger partial charge in [-0.1, -0.05) is 46.6 Å². The fourth-order valence-electron chi connectivity index (χ4n) is 2.77. The summed E-state index contributed by atoms with van der Waals surface area (Å²) in [7, 11) is 0. The second-order valence-electron chi connectivity index (χ2n) is 6.36. The molecule has 0 amide bonds. The zero-order valence-corrected chi connectivity index (χ0v) is 13.5. The van der Waals surface area contributed by atoms with Gasteiger partial charge in [-0.15, -0.1) is 0 Å². The zero-order valence-electron chi connectivity index (χ0n) is 13.5. The highest BCUT2D eigenvalue weighted by Crippen LogP contribution is 2.20. The number of rotatable bonds is 9. The SMILES string of the molecule is C=C(NC1CCCC1)C(N/C=C(\N)CCCC)C(C)C. The van der Waals surface area contributed by atoms with Gasteiger partial charge in [-0.3, -0.25) is 0 Å². The van der Waals surface area contributed by atoms with E-state index in [9.17, 15) is 0 Å². The minimum Gasteiger partial charge on any atom is -0.401 e. The quantitative estimate of drug-likeness (QED) is 0.604. The first-order valence-corrected chi connectivity index (χ1v) is 8.20. The van der Waals surface area contributed by atoms with Crippen LogP contribution in [-0.2, 0) is 0 Å². The fraction of sp³-hybridized carbons (Fsp3) is 0.765. The molecule has 116 valence electrons. The lowest BCUT2D eigenvalue weighted by atomic mass is 10.0. The van der Waals surface area contributed by atoms with Crippen LogP contribution in [0.4, 0.5) is 0 Å². The molecule has 0 spiro atoms. The maximum Gasteiger partial charge on any atom is 0.0671 e. The molecule has 4 N–H and O–H groups in total. The van der Waals surface area contributed by atoms with Crippen molar-refractivity contribution in [3.63, 3.8) is 0 Å². The van der Waals surface area contributed by atoms with E-state index >= 15 is 0 Å². The van der Waals surface area contributed by atoms with Gasteiger partial charge in [-0.2, -0.15) is 0 Å². The first-order chi connectivity index (χ1) is 9.54. The Kier molecular flexibility index (Phi) is 7.56. The normalized spacial score (nSPS) is 18.3. The van der Waals surface area contributed by atoms with Gasteiger partial charge < -0.3 is 16.4 Å². The maximum absolute atomic E-state index is 6.02. The highest BCUT2D eigenvalue weighted by atomic mass is 15.0. The molecule has 0 aromatic carbocycles. The summed E-state index contributed by atoms with van der Waals surface area (Å²) < 4.78 is 0. The van der Waals surface area contributed by atoms with E-state index in [-0.39, 0.29) is 6.04 Å². The fourth-order valence-corrected chi connectivity index (χ4v) is 2.77. The zero-order chi connectivity index (χ0) is 15.0. The molecule has 1 rings (SSSR count). The van der Waals surface area contributed by atoms with E-state index in [0.717, 1.165) is 24.2 Å². The highest BCUT2D eigenvalue weighted by molar-refractivity contribution is 5.09. The van der Waals surface area contributed by atoms with Crippen LogP contribution in [0.2, 0.25) is 0 Å². The molecule has 3 heteroatoms. The molecule has 20 heavy (non-hydrogen) atoms. The molecule has 1 aliphatic rings. The number of nitrogens with one attached hydrogen (secondary N) is 2. The Morgan fingerprint density at radius 3 is 2.55 bits per heavy atom. The Morgan fingerprint density at radius 1 is 1.35 bits per heavy atom. The van der Waals surface area contributed by atoms with Gasteiger partial charge in [0.2, 0.25) is 0 Å². The smallest absolute Gasteiger partial charge is 0.0671 e. The van der Waals surface area contributed by atoms with Crippen LogP contribution in [0.3, 0.4) is 0 Å². The molecule has 1 saturated carbocycles. The molecule has 0 radical (unpaired) electrons. The predicted molar refractivity (Wildman–Crippen MR) is 88.1 cm³/mol. The Bertz CT molecular complexity index is 314. The average Bonchev–Trinajstić information content (AvgIpc) is 2.88. The molecule has 0 aromatic rings. The third-order valence-corrected chi connectivity index (χ3v) is 4.05. The summed E-state index contributed by atoms with van der Waals surface area (Å²) in [5.41, 5.74) is 8.06. The molecule has 0 saturated heterocycles. The van der Waals surface area contributed by atoms with Crippen molar-refractivity contribution in [3.05, 3.63) is 24.2 Å². The monoisotopic (exact) mass is 279 g/mol. The number of nitrogens with two attached hydrogens (primary N) is 1. The van der Waals surface area contributed by atoms with Gasteiger partial charge in [-0.25, -0.2) is 0 Å². The number of hydrogen-bond acceptors (Lipinski definition) is 3. The summed E-state index contributed by atoms with van der Waals surface area (Å²) in [6, 6.07) is 0.864. The van der Waals surface area contributed by atoms with Crippen molar-refractivity contribution in [3.8, 4) is 0 Å². The molecule has 1 fully saturated rings. The number of unbranched alkanes of at least 4 members (excludes halogenated alkanes) is 1. The Hall–Kier alpha value is -1.12. The maximum atomic E-state index is 6.02. The third kappa shape index (κ3) is 5.89. The van der Waals surface area contributed by atoms with Gasteiger partial charge in [0.05, 0.1) is 6.04 Å². The lowest BCUT2D eigenvalue weighted by Gasteiger charge is -2.27. The van der Waals surface area contributed by atoms with Gasteiger partial charge in [0, 0.05) is 23.6 Å². The van der Waals surface area contributed by atoms with Gasteiger partial charge in [0.15, 0.2) is 0 Å². The molecule has 0 aromatic heterocycles. The van der Waals surface area contributed by atoms with E-state index in [0.29, 0.717) is 12.0 Å². The summed E-state index contributed by atoms with van der Waals surface area (Å²) in [4.78, 5) is 0. The predicted octanol–water partition coefficient (Wildman–Crippen LogP) is 3.64. The van der Waals surface area contributed by atoms with Crippen LogP contribution in [0.15, 0.2) is 24.2 Å². The standard InChI is InChI=1S/C17H33N3/c1-5-6-9-15(18)12-19-17(13(2)3)14(4)20-16-10-7-8-11-16/h12-13,16-17,19-20H,4-11,18H2,1-3H3/b15-12-. The molecule has 0 aliphatic heterocycles. The van der Waals surface area contributed by atoms with Crippen LogP contribution in [0.5, 0.6) is 0 Å². The first-order valence-electron chi connectivity index (χ1n) is 8.20. The van der Waals surface area contributed by atoms with E-state index in [2.05, 4.69) is 38.0 Å². The number of hydrogen-bond donors (Lipinski definition) is 3. The molecular formula is C17H33N3. The van der Waals surface area contributed by atoms with Crippen LogP contribution >= 0.6 is 0 Å². The highest BCUT2D eigenvalue weighted by Gasteiger charge is 2.20. The second-order valence-corrected chi connectivity index (χ2v) is 6.36. The average molecular weight is 279 g/mol. The van der Waals surface area contributed by atoms with Crippen molar-refractivity contribution in [1.29, 1.82) is 0 Å². The first kappa shape index (κ1) is 16.9. The molecule has 0 bridgehead atoms. The van der Waals surface area contributed by atoms with Gasteiger partial charge >= 0.3 is 0 Å². The van der Waals surface area contributed by atoms with Crippen LogP contribution < -0.4 is 16.4 Å². The molecule has 3 nitrogen and oxygen atoms in total. The summed E-state index contributed by atoms with van der Waals surface area (Å²) in [6.07, 6.45) is 10.5. The van der Waals surface area contributed by atoms with E-state index in [1.807, 2.05) is 6.20 Å². The van der Waals surface area contributed by atoms with Gasteiger partial charge in [-0.05, 0) is 31.6 Å². The molecule has 1 atom stereocenters. The third-order valence-electron chi connectivity index (χ3n) is 4.05. The van der Waals surface area contributed by atoms with Crippen molar-refractivity contribution < 1.29 is 0 Å². The van der Waals surface area contributed by atoms with Gasteiger partial charge in [0.25, 0.3) is 0 Å². The lowest BCUT2D eigenvalue weighted by molar-refractivity contribution is 0.444. The minimum absolute atomic E-state index is 0.246. The Labute approximate surface area is 125 Å². The van der Waals surface area contributed by atoms with Crippen LogP contribution in [0, 0.1) is 5.92 Å². The van der Waals surface area contributed by atoms with E-state index < -0.39 is 0 Å². The van der Waals surface area contributed by atoms with Crippen molar-refractivity contribution in [2.24, 2.45) is 11.7 Å². The summed E-state index contributed by atoms with van der Waals surface area (Å²) in [5, 5.41) is 7.05. The topological polar surface area (TPSA) is 50.1 Å². The number of allylic oxidation sites excluding steroid dienone is 1. The van der Waals surface area contributed by atoms with Crippen LogP contribution in [-0.4, -0.2) is 12.1 Å². The molecule has 1 aliphatic carbocycles. The van der Waals surface area contributed by atoms with Crippen molar-refractivity contribution in [2.75, 3.05) is 0 Å². The van der Waals surface area contributed by atoms with E-state index in [4.69, 9.17) is 5.73 Å². The van der Waals surface area contributed by atoms with Crippen LogP contribution in [0.25, 0.3) is 0 Å². The summed E-state index contributed by atoms with van der Waals surface area (Å²) >= 11 is 0. The van der Waals surface area contributed by atoms with Gasteiger partial charge in [0.1, 0.15) is 0 Å². The minimum atomic E-state index is 0.246. The van der Waals surface area contributed by atoms with E-state index in [1.165, 1.54) is 32.1 Å². The van der Waals surface area contributed by atoms with Crippen LogP contribution in [0.1, 0.15) is 65.7 Å². The largest absolute Gasteiger partial charge is 0.401 e. The summed E-state index contributed by atoms with van der Waals surface area (Å²) in [6.45, 7) is 10.9. The van der Waals surface area contributed by atoms with E-state index in [1.54, 1.807) is 0 Å². The summed E-state index contributed by atoms with van der Waals surface area (Å²) in [5.74, 6) is 0.492. The Balaban J connectivity index is 2.48. The second kappa shape index (κ2) is 8.93. The van der Waals surface area contributed by atoms with Crippen molar-refractivity contribution >= 4 is 0 Å². The lowest BCUT2D eigenvalue weighted by Crippen LogP contribution is -2.40. The Morgan fingerprint density at radius 2 is 2.00 bits per heavy atom. The van der Waals surface area contributed by atoms with Crippen molar-refractivity contribution in [1.82, 2.24) is 10.6 Å².